The van der Waals surface area contributed by atoms with E-state index in [4.69, 9.17) is 37.9 Å². The molecule has 2 bridgehead atoms. The van der Waals surface area contributed by atoms with Gasteiger partial charge in [-0.1, -0.05) is 33.8 Å². The molecule has 0 aromatic carbocycles. The number of esters is 2. The number of aliphatic hydroxyl groups excluding tert-OH is 1. The Balaban J connectivity index is 1.34. The van der Waals surface area contributed by atoms with Gasteiger partial charge in [-0.2, -0.15) is 0 Å². The number of aliphatic hydroxyl groups is 3. The summed E-state index contributed by atoms with van der Waals surface area (Å²) in [5, 5.41) is 38.5. The van der Waals surface area contributed by atoms with Crippen molar-refractivity contribution in [3.8, 4) is 0 Å². The van der Waals surface area contributed by atoms with Gasteiger partial charge < -0.3 is 53.2 Å². The summed E-state index contributed by atoms with van der Waals surface area (Å²) < 4.78 is 50.7. The molecule has 5 aliphatic heterocycles. The molecule has 5 heterocycles. The first-order chi connectivity index (χ1) is 22.9. The van der Waals surface area contributed by atoms with E-state index >= 15 is 0 Å². The second kappa shape index (κ2) is 10.1. The fourth-order valence-electron chi connectivity index (χ4n) is 12.4. The molecule has 13 heteroatoms. The van der Waals surface area contributed by atoms with Gasteiger partial charge in [-0.25, -0.2) is 9.59 Å². The van der Waals surface area contributed by atoms with Gasteiger partial charge in [0.05, 0.1) is 44.7 Å². The van der Waals surface area contributed by atoms with Gasteiger partial charge in [0.2, 0.25) is 6.29 Å². The molecule has 3 N–H and O–H groups in total. The first-order valence-corrected chi connectivity index (χ1v) is 17.5. The molecule has 0 aromatic rings. The predicted molar refractivity (Wildman–Crippen MR) is 167 cm³/mol. The van der Waals surface area contributed by atoms with Crippen molar-refractivity contribution in [2.24, 2.45) is 39.9 Å². The first kappa shape index (κ1) is 34.0. The molecule has 49 heavy (non-hydrogen) atoms. The average molecular weight is 691 g/mol. The highest BCUT2D eigenvalue weighted by molar-refractivity contribution is 5.87. The van der Waals surface area contributed by atoms with Gasteiger partial charge in [0.25, 0.3) is 5.79 Å². The smallest absolute Gasteiger partial charge is 0.366 e. The molecule has 4 saturated heterocycles. The number of ether oxygens (including phenoxy) is 8. The summed E-state index contributed by atoms with van der Waals surface area (Å²) in [6.45, 7) is 13.0. The average Bonchev–Trinajstić information content (AvgIpc) is 3.81. The van der Waals surface area contributed by atoms with Crippen molar-refractivity contribution in [2.75, 3.05) is 27.4 Å². The summed E-state index contributed by atoms with van der Waals surface area (Å²) in [4.78, 5) is 27.2. The lowest BCUT2D eigenvalue weighted by Gasteiger charge is -2.66. The Labute approximate surface area is 286 Å². The summed E-state index contributed by atoms with van der Waals surface area (Å²) in [5.74, 6) is -5.14. The fraction of sp³-hybridized carbons (Fsp3) is 0.833. The standard InChI is InChI=1S/C36H50O13/c1-10-17(4)26(38)47-21-12-20(37)33-15-45-35(43-9,28(39)42-8)27(33)31(6)25(23-24(33)30(21,5)14-44-23)49-32(7)19-11-22(36(31,32)41)48-29-34(19,40)13-18(46-29)16(2)3/h10,13,16,19-25,27,29,37,40-41H,11-12,14-15H2,1-9H3/b17-10+/t19-,20+,21-,22+,23-,24+,25-,27+,29-,30-,31-,32-,33+,34+,35+,36+/m1/s1. The summed E-state index contributed by atoms with van der Waals surface area (Å²) in [5.41, 5.74) is -8.10. The third-order valence-corrected chi connectivity index (χ3v) is 14.7. The molecule has 0 aromatic heterocycles. The van der Waals surface area contributed by atoms with E-state index in [1.807, 2.05) is 27.7 Å². The molecule has 0 radical (unpaired) electrons. The Morgan fingerprint density at radius 3 is 2.45 bits per heavy atom. The highest BCUT2D eigenvalue weighted by atomic mass is 16.7. The van der Waals surface area contributed by atoms with Crippen molar-refractivity contribution in [2.45, 2.75) is 121 Å². The summed E-state index contributed by atoms with van der Waals surface area (Å²) >= 11 is 0. The van der Waals surface area contributed by atoms with Crippen LogP contribution in [0.1, 0.15) is 61.3 Å². The van der Waals surface area contributed by atoms with Crippen molar-refractivity contribution in [3.63, 3.8) is 0 Å². The first-order valence-electron chi connectivity index (χ1n) is 17.5. The zero-order valence-electron chi connectivity index (χ0n) is 29.7. The van der Waals surface area contributed by atoms with Crippen molar-refractivity contribution >= 4 is 11.9 Å². The van der Waals surface area contributed by atoms with E-state index in [1.54, 1.807) is 32.9 Å². The van der Waals surface area contributed by atoms with Crippen molar-refractivity contribution in [1.29, 1.82) is 0 Å². The predicted octanol–water partition coefficient (Wildman–Crippen LogP) is 1.75. The molecule has 0 unspecified atom stereocenters. The molecular formula is C36H50O13. The topological polar surface area (TPSA) is 169 Å². The van der Waals surface area contributed by atoms with E-state index < -0.39 is 105 Å². The van der Waals surface area contributed by atoms with Crippen LogP contribution in [0.3, 0.4) is 0 Å². The molecule has 13 nitrogen and oxygen atoms in total. The van der Waals surface area contributed by atoms with Crippen LogP contribution in [0.5, 0.6) is 0 Å². The van der Waals surface area contributed by atoms with Gasteiger partial charge in [-0.05, 0) is 33.3 Å². The number of fused-ring (bicyclic) bond motifs is 11. The zero-order valence-corrected chi connectivity index (χ0v) is 29.7. The van der Waals surface area contributed by atoms with Crippen molar-refractivity contribution in [1.82, 2.24) is 0 Å². The highest BCUT2D eigenvalue weighted by Gasteiger charge is 2.93. The Kier molecular flexibility index (Phi) is 6.98. The summed E-state index contributed by atoms with van der Waals surface area (Å²) in [6, 6.07) is 0. The van der Waals surface area contributed by atoms with E-state index in [0.717, 1.165) is 0 Å². The van der Waals surface area contributed by atoms with Crippen LogP contribution in [-0.4, -0.2) is 114 Å². The van der Waals surface area contributed by atoms with Crippen LogP contribution in [0.4, 0.5) is 0 Å². The Morgan fingerprint density at radius 2 is 1.82 bits per heavy atom. The quantitative estimate of drug-likeness (QED) is 0.282. The van der Waals surface area contributed by atoms with Crippen molar-refractivity contribution < 1.29 is 62.8 Å². The summed E-state index contributed by atoms with van der Waals surface area (Å²) in [7, 11) is 2.59. The van der Waals surface area contributed by atoms with Crippen LogP contribution in [0, 0.1) is 39.9 Å². The van der Waals surface area contributed by atoms with Gasteiger partial charge in [0, 0.05) is 59.0 Å². The number of carbonyl (C=O) groups excluding carboxylic acids is 2. The van der Waals surface area contributed by atoms with E-state index in [1.165, 1.54) is 14.2 Å². The molecule has 8 aliphatic rings. The van der Waals surface area contributed by atoms with Gasteiger partial charge in [0.1, 0.15) is 23.1 Å². The fourth-order valence-corrected chi connectivity index (χ4v) is 12.4. The van der Waals surface area contributed by atoms with E-state index in [0.29, 0.717) is 11.3 Å². The van der Waals surface area contributed by atoms with E-state index in [9.17, 15) is 24.9 Å². The van der Waals surface area contributed by atoms with Crippen LogP contribution in [0.2, 0.25) is 0 Å². The van der Waals surface area contributed by atoms with E-state index in [2.05, 4.69) is 0 Å². The maximum absolute atomic E-state index is 14.0. The molecule has 16 atom stereocenters. The molecule has 272 valence electrons. The Bertz CT molecular complexity index is 1540. The van der Waals surface area contributed by atoms with E-state index in [-0.39, 0.29) is 32.0 Å². The molecule has 1 spiro atoms. The van der Waals surface area contributed by atoms with Crippen molar-refractivity contribution in [3.05, 3.63) is 23.5 Å². The Hall–Kier alpha value is -2.10. The number of carbonyl (C=O) groups is 2. The van der Waals surface area contributed by atoms with Gasteiger partial charge in [-0.3, -0.25) is 0 Å². The highest BCUT2D eigenvalue weighted by Crippen LogP contribution is 2.81. The third-order valence-electron chi connectivity index (χ3n) is 14.7. The van der Waals surface area contributed by atoms with Crippen LogP contribution in [0.25, 0.3) is 0 Å². The number of hydrogen-bond acceptors (Lipinski definition) is 13. The number of hydrogen-bond donors (Lipinski definition) is 3. The molecule has 7 fully saturated rings. The zero-order chi connectivity index (χ0) is 35.5. The monoisotopic (exact) mass is 690 g/mol. The van der Waals surface area contributed by atoms with Crippen LogP contribution >= 0.6 is 0 Å². The van der Waals surface area contributed by atoms with Crippen LogP contribution in [0.15, 0.2) is 23.5 Å². The minimum Gasteiger partial charge on any atom is -0.466 e. The number of allylic oxidation sites excluding steroid dienone is 2. The second-order valence-electron chi connectivity index (χ2n) is 16.7. The van der Waals surface area contributed by atoms with Gasteiger partial charge in [0.15, 0.2) is 5.60 Å². The third kappa shape index (κ3) is 3.46. The second-order valence-corrected chi connectivity index (χ2v) is 16.7. The molecular weight excluding hydrogens is 640 g/mol. The molecule has 0 amide bonds. The molecule has 8 rings (SSSR count). The minimum atomic E-state index is -2.07. The SMILES string of the molecule is C/C=C(\C)C(=O)O[C@@H]1C[C@H](O)[C@]23CO[C@](OC)(C(=O)OC)[C@H]2[C@@]2(C)[C@H](O[C@]4(C)[C@H]5C[C@H](O[C@H]6OC(C(C)C)=C[C@@]65O)[C@]24O)[C@@H]2OC[C@@]1(C)[C@H]23. The maximum Gasteiger partial charge on any atom is 0.366 e. The number of methoxy groups -OCH3 is 2. The molecule has 3 aliphatic carbocycles. The minimum absolute atomic E-state index is 0.0151. The van der Waals surface area contributed by atoms with Gasteiger partial charge in [-0.15, -0.1) is 0 Å². The lowest BCUT2D eigenvalue weighted by molar-refractivity contribution is -0.318. The normalized spacial score (nSPS) is 56.3. The molecule has 3 saturated carbocycles. The Morgan fingerprint density at radius 1 is 1.10 bits per heavy atom. The van der Waals surface area contributed by atoms with Crippen LogP contribution < -0.4 is 0 Å². The van der Waals surface area contributed by atoms with Crippen LogP contribution in [-0.2, 0) is 47.5 Å². The largest absolute Gasteiger partial charge is 0.466 e. The number of rotatable bonds is 5. The summed E-state index contributed by atoms with van der Waals surface area (Å²) in [6.07, 6.45) is -1.92. The lowest BCUT2D eigenvalue weighted by Crippen LogP contribution is -2.78. The maximum atomic E-state index is 14.0. The van der Waals surface area contributed by atoms with Gasteiger partial charge >= 0.3 is 11.9 Å². The lowest BCUT2D eigenvalue weighted by atomic mass is 9.37.